The highest BCUT2D eigenvalue weighted by Gasteiger charge is 2.78. The number of nitrogens with two attached hydrogens (primary N) is 2. The van der Waals surface area contributed by atoms with Crippen molar-refractivity contribution in [2.45, 2.75) is 54.0 Å². The van der Waals surface area contributed by atoms with E-state index in [2.05, 4.69) is 29.9 Å². The highest BCUT2D eigenvalue weighted by molar-refractivity contribution is 7.47. The van der Waals surface area contributed by atoms with Crippen LogP contribution in [0.4, 0.5) is 11.8 Å². The first-order valence-electron chi connectivity index (χ1n) is 12.2. The normalized spacial score (nSPS) is 35.5. The molecule has 3 fully saturated rings. The smallest absolute Gasteiger partial charge is 0.389 e. The third-order valence-electron chi connectivity index (χ3n) is 7.44. The molecule has 9 N–H and O–H groups in total. The average molecular weight is 629 g/mol. The van der Waals surface area contributed by atoms with Crippen molar-refractivity contribution in [2.24, 2.45) is 0 Å². The van der Waals surface area contributed by atoms with Gasteiger partial charge in [-0.05, 0) is 0 Å². The van der Waals surface area contributed by atoms with Crippen molar-refractivity contribution < 1.29 is 43.3 Å². The van der Waals surface area contributed by atoms with Crippen LogP contribution in [0.3, 0.4) is 0 Å². The zero-order valence-electron chi connectivity index (χ0n) is 20.9. The molecule has 0 radical (unpaired) electrons. The lowest BCUT2D eigenvalue weighted by molar-refractivity contribution is -0.0968. The summed E-state index contributed by atoms with van der Waals surface area (Å²) in [7, 11) is -5.05. The van der Waals surface area contributed by atoms with Gasteiger partial charge in [-0.2, -0.15) is 4.98 Å². The lowest BCUT2D eigenvalue weighted by atomic mass is 10.1. The number of aromatic nitrogens is 8. The lowest BCUT2D eigenvalue weighted by Crippen LogP contribution is -2.39. The molecule has 2 aliphatic heterocycles. The van der Waals surface area contributed by atoms with Gasteiger partial charge in [0.25, 0.3) is 5.56 Å². The number of H-pyrrole nitrogens is 1. The third kappa shape index (κ3) is 4.03. The number of nitrogens with zero attached hydrogens (tertiary/aromatic N) is 7. The van der Waals surface area contributed by atoms with Gasteiger partial charge in [-0.1, -0.05) is 0 Å². The van der Waals surface area contributed by atoms with Crippen LogP contribution in [0.5, 0.6) is 0 Å². The second-order valence-electron chi connectivity index (χ2n) is 9.93. The number of hydrogen-bond donors (Lipinski definition) is 7. The summed E-state index contributed by atoms with van der Waals surface area (Å²) in [6.07, 6.45) is -5.61. The number of nitrogen functional groups attached to an aromatic ring is 2. The number of alkyl halides is 1. The topological polar surface area (TPSA) is 294 Å². The van der Waals surface area contributed by atoms with Crippen LogP contribution in [0.2, 0.25) is 0 Å². The number of phosphoric acid groups is 1. The van der Waals surface area contributed by atoms with E-state index < -0.39 is 73.9 Å². The molecule has 4 aromatic rings. The Bertz CT molecular complexity index is 1820. The molecule has 0 bridgehead atoms. The molecule has 1 saturated carbocycles. The zero-order valence-corrected chi connectivity index (χ0v) is 22.6. The first kappa shape index (κ1) is 27.5. The van der Waals surface area contributed by atoms with E-state index in [1.165, 1.54) is 21.8 Å². The summed E-state index contributed by atoms with van der Waals surface area (Å²) in [6, 6.07) is 0. The van der Waals surface area contributed by atoms with Crippen molar-refractivity contribution in [3.8, 4) is 0 Å². The molecule has 1 aliphatic carbocycles. The molecule has 4 aromatic heterocycles. The highest BCUT2D eigenvalue weighted by Crippen LogP contribution is 2.60. The van der Waals surface area contributed by atoms with Crippen molar-refractivity contribution >= 4 is 53.5 Å². The molecule has 10 atom stereocenters. The molecular formula is C20H22ClN10O10P. The first-order chi connectivity index (χ1) is 19.9. The number of hydrogen-bond acceptors (Lipinski definition) is 16. The molecule has 42 heavy (non-hydrogen) atoms. The van der Waals surface area contributed by atoms with Crippen molar-refractivity contribution in [1.29, 1.82) is 0 Å². The van der Waals surface area contributed by atoms with Crippen molar-refractivity contribution in [1.82, 2.24) is 39.0 Å². The fourth-order valence-corrected chi connectivity index (χ4v) is 6.55. The van der Waals surface area contributed by atoms with Gasteiger partial charge in [-0.25, -0.2) is 24.5 Å². The molecule has 0 amide bonds. The number of ether oxygens (including phenoxy) is 2. The van der Waals surface area contributed by atoms with E-state index in [0.717, 1.165) is 6.33 Å². The number of anilines is 2. The van der Waals surface area contributed by atoms with Gasteiger partial charge < -0.3 is 41.2 Å². The Hall–Kier alpha value is -3.30. The fraction of sp³-hybridized carbons (Fsp3) is 0.500. The van der Waals surface area contributed by atoms with E-state index in [1.807, 2.05) is 0 Å². The maximum absolute atomic E-state index is 13.1. The van der Waals surface area contributed by atoms with Gasteiger partial charge in [-0.3, -0.25) is 28.0 Å². The SMILES string of the molecule is Nc1nc2c(ncn2[C@@H]2O[C@@H]3C(O)[C@]3(O)[C@H]2OP(=O)(O)OC[C@H]2O[C@@H](n3cnc4c(N)ncnc43)[C@@H](Cl)[C@@H]2O)c(=O)[nH]1. The van der Waals surface area contributed by atoms with Crippen LogP contribution in [0.25, 0.3) is 22.3 Å². The average Bonchev–Trinajstić information content (AvgIpc) is 3.47. The standard InChI is InChI=1S/C20H22ClN10O10P/c21-6-9(32)5(39-17(6)30-3-26-7-13(22)24-2-25-14(7)30)1-38-42(36,37)41-12-18(40-11-10(33)20(11,12)35)31-4-27-8-15(31)28-19(23)29-16(8)34/h2-6,9-12,17-18,32-33,35H,1H2,(H,36,37)(H2,22,24,25)(H3,23,28,29,34)/t5-,6+,9-,10?,11-,12+,17-,18-,20-/m1/s1. The number of aromatic amines is 1. The number of nitrogens with one attached hydrogen (secondary N) is 1. The minimum absolute atomic E-state index is 0.0661. The van der Waals surface area contributed by atoms with Crippen LogP contribution in [-0.2, 0) is 23.1 Å². The molecule has 3 aliphatic rings. The number of phosphoric ester groups is 1. The van der Waals surface area contributed by atoms with E-state index in [9.17, 15) is 29.6 Å². The van der Waals surface area contributed by atoms with Crippen molar-refractivity contribution in [3.63, 3.8) is 0 Å². The molecular weight excluding hydrogens is 607 g/mol. The van der Waals surface area contributed by atoms with Crippen LogP contribution >= 0.6 is 19.4 Å². The van der Waals surface area contributed by atoms with Crippen molar-refractivity contribution in [3.05, 3.63) is 29.3 Å². The van der Waals surface area contributed by atoms with E-state index in [1.54, 1.807) is 0 Å². The number of rotatable bonds is 7. The molecule has 0 aromatic carbocycles. The van der Waals surface area contributed by atoms with Gasteiger partial charge in [0.1, 0.15) is 47.7 Å². The summed E-state index contributed by atoms with van der Waals surface area (Å²) >= 11 is 6.41. The highest BCUT2D eigenvalue weighted by atomic mass is 35.5. The second kappa shape index (κ2) is 9.35. The predicted octanol–water partition coefficient (Wildman–Crippen LogP) is -2.51. The Morgan fingerprint density at radius 3 is 2.57 bits per heavy atom. The zero-order chi connectivity index (χ0) is 29.7. The summed E-state index contributed by atoms with van der Waals surface area (Å²) < 4.78 is 37.6. The number of aliphatic hydroxyl groups excluding tert-OH is 2. The van der Waals surface area contributed by atoms with Gasteiger partial charge in [0.05, 0.1) is 19.3 Å². The molecule has 0 spiro atoms. The number of imidazole rings is 2. The maximum Gasteiger partial charge on any atom is 0.472 e. The molecule has 2 saturated heterocycles. The summed E-state index contributed by atoms with van der Waals surface area (Å²) in [6.45, 7) is -0.678. The van der Waals surface area contributed by atoms with Crippen molar-refractivity contribution in [2.75, 3.05) is 18.1 Å². The van der Waals surface area contributed by atoms with E-state index >= 15 is 0 Å². The van der Waals surface area contributed by atoms with E-state index in [4.69, 9.17) is 41.6 Å². The largest absolute Gasteiger partial charge is 0.472 e. The second-order valence-corrected chi connectivity index (χ2v) is 11.8. The summed E-state index contributed by atoms with van der Waals surface area (Å²) in [5.74, 6) is -0.120. The molecule has 7 rings (SSSR count). The van der Waals surface area contributed by atoms with E-state index in [0.29, 0.717) is 0 Å². The fourth-order valence-electron chi connectivity index (χ4n) is 5.25. The summed E-state index contributed by atoms with van der Waals surface area (Å²) in [5.41, 5.74) is 9.07. The lowest BCUT2D eigenvalue weighted by Gasteiger charge is -2.28. The number of aliphatic hydroxyl groups is 3. The van der Waals surface area contributed by atoms with Gasteiger partial charge >= 0.3 is 7.82 Å². The van der Waals surface area contributed by atoms with Crippen LogP contribution in [-0.4, -0.2) is 107 Å². The van der Waals surface area contributed by atoms with Gasteiger partial charge in [0.2, 0.25) is 5.95 Å². The monoisotopic (exact) mass is 628 g/mol. The number of halogens is 1. The minimum Gasteiger partial charge on any atom is -0.389 e. The van der Waals surface area contributed by atoms with Gasteiger partial charge in [0, 0.05) is 0 Å². The molecule has 20 nitrogen and oxygen atoms in total. The Morgan fingerprint density at radius 2 is 1.81 bits per heavy atom. The summed E-state index contributed by atoms with van der Waals surface area (Å²) in [5, 5.41) is 30.8. The first-order valence-corrected chi connectivity index (χ1v) is 14.2. The molecule has 22 heteroatoms. The number of fused-ring (bicyclic) bond motifs is 3. The molecule has 2 unspecified atom stereocenters. The third-order valence-corrected chi connectivity index (χ3v) is 8.88. The van der Waals surface area contributed by atoms with Crippen LogP contribution in [0, 0.1) is 0 Å². The van der Waals surface area contributed by atoms with Gasteiger partial charge in [0.15, 0.2) is 40.7 Å². The minimum atomic E-state index is -5.05. The summed E-state index contributed by atoms with van der Waals surface area (Å²) in [4.78, 5) is 45.1. The Kier molecular flexibility index (Phi) is 6.13. The maximum atomic E-state index is 13.1. The molecule has 6 heterocycles. The Labute approximate surface area is 237 Å². The Morgan fingerprint density at radius 1 is 1.10 bits per heavy atom. The Balaban J connectivity index is 1.09. The van der Waals surface area contributed by atoms with Crippen LogP contribution in [0.15, 0.2) is 23.8 Å². The van der Waals surface area contributed by atoms with Gasteiger partial charge in [-0.15, -0.1) is 11.6 Å². The molecule has 224 valence electrons. The van der Waals surface area contributed by atoms with E-state index in [-0.39, 0.29) is 34.1 Å². The quantitative estimate of drug-likeness (QED) is 0.0821. The van der Waals surface area contributed by atoms with Crippen LogP contribution in [0.1, 0.15) is 12.5 Å². The van der Waals surface area contributed by atoms with Crippen LogP contribution < -0.4 is 17.0 Å². The predicted molar refractivity (Wildman–Crippen MR) is 137 cm³/mol.